The maximum Gasteiger partial charge on any atom is 0.0746 e. The van der Waals surface area contributed by atoms with Gasteiger partial charge in [-0.15, -0.1) is 0 Å². The first-order valence-corrected chi connectivity index (χ1v) is 4.97. The number of ether oxygens (including phenoxy) is 1. The summed E-state index contributed by atoms with van der Waals surface area (Å²) in [6.07, 6.45) is 0. The Kier molecular flexibility index (Phi) is 4.40. The summed E-state index contributed by atoms with van der Waals surface area (Å²) in [4.78, 5) is 0. The normalized spacial score (nSPS) is 15.9. The minimum atomic E-state index is -0.0699. The molecule has 2 heteroatoms. The highest BCUT2D eigenvalue weighted by Gasteiger charge is 2.23. The van der Waals surface area contributed by atoms with Crippen molar-refractivity contribution >= 4 is 0 Å². The molecule has 1 unspecified atom stereocenters. The largest absolute Gasteiger partial charge is 0.377 e. The first-order chi connectivity index (χ1) is 5.69. The van der Waals surface area contributed by atoms with Crippen LogP contribution in [-0.4, -0.2) is 25.3 Å². The lowest BCUT2D eigenvalue weighted by Crippen LogP contribution is -2.45. The minimum absolute atomic E-state index is 0.0699. The highest BCUT2D eigenvalue weighted by Crippen LogP contribution is 2.19. The van der Waals surface area contributed by atoms with Gasteiger partial charge in [0, 0.05) is 19.7 Å². The van der Waals surface area contributed by atoms with Gasteiger partial charge >= 0.3 is 0 Å². The van der Waals surface area contributed by atoms with E-state index in [2.05, 4.69) is 46.9 Å². The molecule has 0 aromatic carbocycles. The van der Waals surface area contributed by atoms with E-state index < -0.39 is 0 Å². The van der Waals surface area contributed by atoms with Crippen LogP contribution in [0.25, 0.3) is 0 Å². The van der Waals surface area contributed by atoms with Crippen molar-refractivity contribution in [1.29, 1.82) is 0 Å². The van der Waals surface area contributed by atoms with Crippen molar-refractivity contribution in [1.82, 2.24) is 5.32 Å². The zero-order valence-corrected chi connectivity index (χ0v) is 10.2. The highest BCUT2D eigenvalue weighted by atomic mass is 16.5. The molecule has 0 aromatic heterocycles. The monoisotopic (exact) mass is 187 g/mol. The van der Waals surface area contributed by atoms with Crippen LogP contribution in [0.2, 0.25) is 0 Å². The lowest BCUT2D eigenvalue weighted by Gasteiger charge is -2.32. The molecule has 1 N–H and O–H groups in total. The van der Waals surface area contributed by atoms with Crippen LogP contribution in [0.5, 0.6) is 0 Å². The van der Waals surface area contributed by atoms with Crippen molar-refractivity contribution in [2.75, 3.05) is 13.7 Å². The van der Waals surface area contributed by atoms with E-state index in [-0.39, 0.29) is 5.60 Å². The molecule has 0 aliphatic rings. The molecule has 0 heterocycles. The van der Waals surface area contributed by atoms with E-state index >= 15 is 0 Å². The molecule has 0 aliphatic carbocycles. The Balaban J connectivity index is 3.90. The Morgan fingerprint density at radius 3 is 1.92 bits per heavy atom. The van der Waals surface area contributed by atoms with Crippen LogP contribution in [-0.2, 0) is 4.74 Å². The van der Waals surface area contributed by atoms with Gasteiger partial charge in [0.2, 0.25) is 0 Å². The second-order valence-electron chi connectivity index (χ2n) is 5.43. The molecule has 0 amide bonds. The van der Waals surface area contributed by atoms with Crippen LogP contribution in [0.3, 0.4) is 0 Å². The van der Waals surface area contributed by atoms with Gasteiger partial charge in [0.15, 0.2) is 0 Å². The summed E-state index contributed by atoms with van der Waals surface area (Å²) in [5.41, 5.74) is 0.239. The fourth-order valence-corrected chi connectivity index (χ4v) is 0.777. The summed E-state index contributed by atoms with van der Waals surface area (Å²) in [6, 6.07) is 0.502. The Morgan fingerprint density at radius 1 is 1.15 bits per heavy atom. The summed E-state index contributed by atoms with van der Waals surface area (Å²) in [5.74, 6) is 0. The Bertz CT molecular complexity index is 147. The van der Waals surface area contributed by atoms with Crippen LogP contribution < -0.4 is 5.32 Å². The Labute approximate surface area is 83.1 Å². The second kappa shape index (κ2) is 4.43. The van der Waals surface area contributed by atoms with Crippen LogP contribution in [0.4, 0.5) is 0 Å². The van der Waals surface area contributed by atoms with E-state index in [1.54, 1.807) is 7.11 Å². The smallest absolute Gasteiger partial charge is 0.0746 e. The quantitative estimate of drug-likeness (QED) is 0.730. The molecule has 0 saturated heterocycles. The van der Waals surface area contributed by atoms with Crippen LogP contribution in [0, 0.1) is 5.41 Å². The second-order valence-corrected chi connectivity index (χ2v) is 5.43. The van der Waals surface area contributed by atoms with Gasteiger partial charge in [0.1, 0.15) is 0 Å². The maximum atomic E-state index is 5.34. The van der Waals surface area contributed by atoms with Crippen molar-refractivity contribution in [2.24, 2.45) is 5.41 Å². The molecular formula is C11H25NO. The third-order valence-corrected chi connectivity index (χ3v) is 2.69. The zero-order chi connectivity index (χ0) is 10.7. The van der Waals surface area contributed by atoms with E-state index in [9.17, 15) is 0 Å². The third-order valence-electron chi connectivity index (χ3n) is 2.69. The molecule has 2 nitrogen and oxygen atoms in total. The topological polar surface area (TPSA) is 21.3 Å². The molecule has 0 saturated carbocycles. The van der Waals surface area contributed by atoms with Crippen LogP contribution >= 0.6 is 0 Å². The number of hydrogen-bond donors (Lipinski definition) is 1. The van der Waals surface area contributed by atoms with Gasteiger partial charge in [-0.3, -0.25) is 0 Å². The van der Waals surface area contributed by atoms with Crippen LogP contribution in [0.15, 0.2) is 0 Å². The molecule has 0 rings (SSSR count). The van der Waals surface area contributed by atoms with Gasteiger partial charge in [-0.25, -0.2) is 0 Å². The average molecular weight is 187 g/mol. The SMILES string of the molecule is COC(C)(C)CNC(C)C(C)(C)C. The molecular weight excluding hydrogens is 162 g/mol. The van der Waals surface area contributed by atoms with Gasteiger partial charge < -0.3 is 10.1 Å². The average Bonchev–Trinajstić information content (AvgIpc) is 1.98. The Hall–Kier alpha value is -0.0800. The van der Waals surface area contributed by atoms with E-state index in [0.29, 0.717) is 11.5 Å². The van der Waals surface area contributed by atoms with Crippen molar-refractivity contribution in [3.8, 4) is 0 Å². The first kappa shape index (κ1) is 12.9. The Morgan fingerprint density at radius 2 is 1.62 bits per heavy atom. The minimum Gasteiger partial charge on any atom is -0.377 e. The molecule has 80 valence electrons. The molecule has 0 aromatic rings. The van der Waals surface area contributed by atoms with Crippen molar-refractivity contribution < 1.29 is 4.74 Å². The third kappa shape index (κ3) is 5.27. The summed E-state index contributed by atoms with van der Waals surface area (Å²) in [7, 11) is 1.75. The standard InChI is InChI=1S/C11H25NO/c1-9(10(2,3)4)12-8-11(5,6)13-7/h9,12H,8H2,1-7H3. The van der Waals surface area contributed by atoms with Crippen LogP contribution in [0.1, 0.15) is 41.5 Å². The predicted octanol–water partition coefficient (Wildman–Crippen LogP) is 2.44. The van der Waals surface area contributed by atoms with Gasteiger partial charge in [-0.2, -0.15) is 0 Å². The molecule has 0 aliphatic heterocycles. The zero-order valence-electron chi connectivity index (χ0n) is 10.2. The molecule has 0 bridgehead atoms. The fraction of sp³-hybridized carbons (Fsp3) is 1.00. The summed E-state index contributed by atoms with van der Waals surface area (Å²) in [5, 5.41) is 3.49. The fourth-order valence-electron chi connectivity index (χ4n) is 0.777. The first-order valence-electron chi connectivity index (χ1n) is 4.97. The van der Waals surface area contributed by atoms with E-state index in [1.807, 2.05) is 0 Å². The molecule has 0 spiro atoms. The van der Waals surface area contributed by atoms with Crippen molar-refractivity contribution in [3.63, 3.8) is 0 Å². The summed E-state index contributed by atoms with van der Waals surface area (Å²) in [6.45, 7) is 14.0. The number of methoxy groups -OCH3 is 1. The molecule has 0 fully saturated rings. The lowest BCUT2D eigenvalue weighted by atomic mass is 9.88. The summed E-state index contributed by atoms with van der Waals surface area (Å²) >= 11 is 0. The number of hydrogen-bond acceptors (Lipinski definition) is 2. The van der Waals surface area contributed by atoms with Gasteiger partial charge in [-0.05, 0) is 26.2 Å². The van der Waals surface area contributed by atoms with E-state index in [4.69, 9.17) is 4.74 Å². The number of rotatable bonds is 4. The number of nitrogens with one attached hydrogen (secondary N) is 1. The van der Waals surface area contributed by atoms with E-state index in [0.717, 1.165) is 6.54 Å². The lowest BCUT2D eigenvalue weighted by molar-refractivity contribution is 0.0183. The highest BCUT2D eigenvalue weighted by molar-refractivity contribution is 4.80. The van der Waals surface area contributed by atoms with Gasteiger partial charge in [-0.1, -0.05) is 20.8 Å². The molecule has 0 radical (unpaired) electrons. The maximum absolute atomic E-state index is 5.34. The van der Waals surface area contributed by atoms with Crippen molar-refractivity contribution in [2.45, 2.75) is 53.2 Å². The molecule has 13 heavy (non-hydrogen) atoms. The van der Waals surface area contributed by atoms with E-state index in [1.165, 1.54) is 0 Å². The summed E-state index contributed by atoms with van der Waals surface area (Å²) < 4.78 is 5.34. The van der Waals surface area contributed by atoms with Gasteiger partial charge in [0.25, 0.3) is 0 Å². The predicted molar refractivity (Wildman–Crippen MR) is 58.0 cm³/mol. The van der Waals surface area contributed by atoms with Gasteiger partial charge in [0.05, 0.1) is 5.60 Å². The van der Waals surface area contributed by atoms with Crippen molar-refractivity contribution in [3.05, 3.63) is 0 Å². The molecule has 1 atom stereocenters.